The van der Waals surface area contributed by atoms with Crippen LogP contribution in [-0.4, -0.2) is 28.3 Å². The Morgan fingerprint density at radius 1 is 1.69 bits per heavy atom. The molecule has 1 heterocycles. The number of rotatable bonds is 3. The van der Waals surface area contributed by atoms with E-state index in [-0.39, 0.29) is 18.0 Å². The molecule has 0 saturated carbocycles. The molecule has 0 fully saturated rings. The number of nitrogen functional groups attached to an aromatic ring is 1. The van der Waals surface area contributed by atoms with Gasteiger partial charge < -0.3 is 10.5 Å². The van der Waals surface area contributed by atoms with Crippen LogP contribution in [0.2, 0.25) is 0 Å². The molecule has 0 saturated heterocycles. The standard InChI is InChI=1S/C9H10N4O3/c1-2-16-8(15)3-7(14)13-9(11)6(4-10)5-12-13/h5H,2-3,11H2,1H3. The SMILES string of the molecule is CCOC(=O)CC(=O)n1ncc(C#N)c1N. The summed E-state index contributed by atoms with van der Waals surface area (Å²) in [5.74, 6) is -1.35. The van der Waals surface area contributed by atoms with Gasteiger partial charge >= 0.3 is 5.97 Å². The number of ether oxygens (including phenoxy) is 1. The summed E-state index contributed by atoms with van der Waals surface area (Å²) in [6.07, 6.45) is 0.711. The van der Waals surface area contributed by atoms with Crippen LogP contribution in [0.15, 0.2) is 6.20 Å². The van der Waals surface area contributed by atoms with Crippen molar-refractivity contribution in [2.75, 3.05) is 12.3 Å². The molecule has 1 aromatic heterocycles. The minimum absolute atomic E-state index is 0.0724. The van der Waals surface area contributed by atoms with Crippen LogP contribution in [0.5, 0.6) is 0 Å². The highest BCUT2D eigenvalue weighted by Gasteiger charge is 2.17. The fourth-order valence-corrected chi connectivity index (χ4v) is 1.05. The van der Waals surface area contributed by atoms with E-state index in [9.17, 15) is 9.59 Å². The van der Waals surface area contributed by atoms with Crippen molar-refractivity contribution in [1.82, 2.24) is 9.78 Å². The van der Waals surface area contributed by atoms with Gasteiger partial charge in [-0.25, -0.2) is 0 Å². The first kappa shape index (κ1) is 11.7. The predicted molar refractivity (Wildman–Crippen MR) is 53.2 cm³/mol. The van der Waals surface area contributed by atoms with Crippen LogP contribution in [-0.2, 0) is 9.53 Å². The lowest BCUT2D eigenvalue weighted by molar-refractivity contribution is -0.142. The maximum atomic E-state index is 11.5. The Labute approximate surface area is 91.4 Å². The van der Waals surface area contributed by atoms with Crippen molar-refractivity contribution in [1.29, 1.82) is 5.26 Å². The van der Waals surface area contributed by atoms with Gasteiger partial charge in [0.25, 0.3) is 5.91 Å². The number of nitrogens with two attached hydrogens (primary N) is 1. The number of aromatic nitrogens is 2. The van der Waals surface area contributed by atoms with Gasteiger partial charge in [0.2, 0.25) is 0 Å². The van der Waals surface area contributed by atoms with Gasteiger partial charge in [0.15, 0.2) is 0 Å². The topological polar surface area (TPSA) is 111 Å². The minimum Gasteiger partial charge on any atom is -0.466 e. The molecule has 2 N–H and O–H groups in total. The second-order valence-corrected chi connectivity index (χ2v) is 2.84. The summed E-state index contributed by atoms with van der Waals surface area (Å²) >= 11 is 0. The number of anilines is 1. The molecule has 16 heavy (non-hydrogen) atoms. The minimum atomic E-state index is -0.652. The molecule has 0 aliphatic heterocycles. The van der Waals surface area contributed by atoms with Crippen LogP contribution in [0.25, 0.3) is 0 Å². The maximum Gasteiger partial charge on any atom is 0.315 e. The maximum absolute atomic E-state index is 11.5. The largest absolute Gasteiger partial charge is 0.466 e. The molecule has 0 aliphatic rings. The van der Waals surface area contributed by atoms with Gasteiger partial charge in [0.05, 0.1) is 12.8 Å². The van der Waals surface area contributed by atoms with Crippen molar-refractivity contribution >= 4 is 17.7 Å². The normalized spacial score (nSPS) is 9.50. The van der Waals surface area contributed by atoms with Gasteiger partial charge in [-0.3, -0.25) is 9.59 Å². The third-order valence-corrected chi connectivity index (χ3v) is 1.76. The number of esters is 1. The number of nitriles is 1. The van der Waals surface area contributed by atoms with Gasteiger partial charge in [-0.15, -0.1) is 0 Å². The Kier molecular flexibility index (Phi) is 3.61. The number of carbonyl (C=O) groups is 2. The first-order valence-corrected chi connectivity index (χ1v) is 4.52. The van der Waals surface area contributed by atoms with Gasteiger partial charge in [-0.2, -0.15) is 15.0 Å². The summed E-state index contributed by atoms with van der Waals surface area (Å²) in [6, 6.07) is 1.77. The van der Waals surface area contributed by atoms with E-state index in [1.807, 2.05) is 0 Å². The van der Waals surface area contributed by atoms with Crippen LogP contribution < -0.4 is 5.73 Å². The lowest BCUT2D eigenvalue weighted by Crippen LogP contribution is -2.20. The van der Waals surface area contributed by atoms with E-state index in [4.69, 9.17) is 11.0 Å². The molecule has 1 rings (SSSR count). The van der Waals surface area contributed by atoms with Gasteiger partial charge in [-0.05, 0) is 6.92 Å². The van der Waals surface area contributed by atoms with Crippen LogP contribution in [0.4, 0.5) is 5.82 Å². The van der Waals surface area contributed by atoms with Crippen LogP contribution in [0.1, 0.15) is 23.7 Å². The van der Waals surface area contributed by atoms with Crippen molar-refractivity contribution < 1.29 is 14.3 Å². The van der Waals surface area contributed by atoms with E-state index in [0.29, 0.717) is 0 Å². The summed E-state index contributed by atoms with van der Waals surface area (Å²) in [7, 11) is 0. The van der Waals surface area contributed by atoms with Crippen molar-refractivity contribution in [3.63, 3.8) is 0 Å². The summed E-state index contributed by atoms with van der Waals surface area (Å²) < 4.78 is 5.42. The number of hydrogen-bond donors (Lipinski definition) is 1. The Balaban J connectivity index is 2.78. The van der Waals surface area contributed by atoms with Crippen LogP contribution >= 0.6 is 0 Å². The smallest absolute Gasteiger partial charge is 0.315 e. The summed E-state index contributed by atoms with van der Waals surface area (Å²) in [5, 5.41) is 12.2. The first-order valence-electron chi connectivity index (χ1n) is 4.52. The van der Waals surface area contributed by atoms with E-state index < -0.39 is 18.3 Å². The van der Waals surface area contributed by atoms with Crippen molar-refractivity contribution in [2.24, 2.45) is 0 Å². The monoisotopic (exact) mass is 222 g/mol. The molecule has 0 aliphatic carbocycles. The number of nitrogens with zero attached hydrogens (tertiary/aromatic N) is 3. The van der Waals surface area contributed by atoms with Crippen molar-refractivity contribution in [2.45, 2.75) is 13.3 Å². The van der Waals surface area contributed by atoms with E-state index in [1.165, 1.54) is 6.20 Å². The zero-order valence-corrected chi connectivity index (χ0v) is 8.64. The average molecular weight is 222 g/mol. The molecule has 1 aromatic rings. The van der Waals surface area contributed by atoms with Crippen LogP contribution in [0, 0.1) is 11.3 Å². The lowest BCUT2D eigenvalue weighted by Gasteiger charge is -2.02. The second-order valence-electron chi connectivity index (χ2n) is 2.84. The van der Waals surface area contributed by atoms with Crippen LogP contribution in [0.3, 0.4) is 0 Å². The Morgan fingerprint density at radius 3 is 2.88 bits per heavy atom. The molecule has 0 unspecified atom stereocenters. The number of hydrogen-bond acceptors (Lipinski definition) is 6. The fraction of sp³-hybridized carbons (Fsp3) is 0.333. The molecule has 0 atom stereocenters. The van der Waals surface area contributed by atoms with Crippen molar-refractivity contribution in [3.8, 4) is 6.07 Å². The predicted octanol–water partition coefficient (Wildman–Crippen LogP) is -0.0696. The lowest BCUT2D eigenvalue weighted by atomic mass is 10.3. The molecule has 84 valence electrons. The third-order valence-electron chi connectivity index (χ3n) is 1.76. The molecule has 0 aromatic carbocycles. The molecule has 7 nitrogen and oxygen atoms in total. The Bertz CT molecular complexity index is 458. The Morgan fingerprint density at radius 2 is 2.38 bits per heavy atom. The zero-order valence-electron chi connectivity index (χ0n) is 8.64. The van der Waals surface area contributed by atoms with Gasteiger partial charge in [0, 0.05) is 0 Å². The summed E-state index contributed by atoms with van der Waals surface area (Å²) in [4.78, 5) is 22.5. The van der Waals surface area contributed by atoms with E-state index in [0.717, 1.165) is 4.68 Å². The molecule has 0 radical (unpaired) electrons. The Hall–Kier alpha value is -2.36. The average Bonchev–Trinajstić information content (AvgIpc) is 2.59. The highest BCUT2D eigenvalue weighted by molar-refractivity contribution is 5.96. The van der Waals surface area contributed by atoms with E-state index in [1.54, 1.807) is 13.0 Å². The van der Waals surface area contributed by atoms with E-state index in [2.05, 4.69) is 9.84 Å². The third kappa shape index (κ3) is 2.36. The second kappa shape index (κ2) is 4.93. The molecule has 0 amide bonds. The molecule has 7 heteroatoms. The first-order chi connectivity index (χ1) is 7.60. The molecular formula is C9H10N4O3. The van der Waals surface area contributed by atoms with E-state index >= 15 is 0 Å². The molecule has 0 spiro atoms. The summed E-state index contributed by atoms with van der Waals surface area (Å²) in [5.41, 5.74) is 5.56. The fourth-order valence-electron chi connectivity index (χ4n) is 1.05. The highest BCUT2D eigenvalue weighted by atomic mass is 16.5. The van der Waals surface area contributed by atoms with Gasteiger partial charge in [0.1, 0.15) is 23.9 Å². The molecule has 0 bridgehead atoms. The number of carbonyl (C=O) groups excluding carboxylic acids is 2. The highest BCUT2D eigenvalue weighted by Crippen LogP contribution is 2.09. The quantitative estimate of drug-likeness (QED) is 0.566. The molecular weight excluding hydrogens is 212 g/mol. The zero-order chi connectivity index (χ0) is 12.1. The van der Waals surface area contributed by atoms with Gasteiger partial charge in [-0.1, -0.05) is 0 Å². The summed E-state index contributed by atoms with van der Waals surface area (Å²) in [6.45, 7) is 1.84. The van der Waals surface area contributed by atoms with Crippen molar-refractivity contribution in [3.05, 3.63) is 11.8 Å².